The molecule has 0 saturated carbocycles. The van der Waals surface area contributed by atoms with E-state index >= 15 is 0 Å². The quantitative estimate of drug-likeness (QED) is 0.605. The molecule has 1 amide bonds. The summed E-state index contributed by atoms with van der Waals surface area (Å²) < 4.78 is 5.79. The number of nitrogens with zero attached hydrogens (tertiary/aromatic N) is 2. The van der Waals surface area contributed by atoms with Gasteiger partial charge in [-0.05, 0) is 42.7 Å². The Morgan fingerprint density at radius 1 is 1.20 bits per heavy atom. The molecule has 2 aliphatic rings. The van der Waals surface area contributed by atoms with Crippen molar-refractivity contribution in [3.8, 4) is 17.0 Å². The molecular weight excluding hydrogens is 425 g/mol. The van der Waals surface area contributed by atoms with Gasteiger partial charge < -0.3 is 14.7 Å². The number of aromatic hydroxyl groups is 1. The average molecular weight is 444 g/mol. The van der Waals surface area contributed by atoms with Gasteiger partial charge in [0.2, 0.25) is 0 Å². The minimum absolute atomic E-state index is 0.00948. The highest BCUT2D eigenvalue weighted by Gasteiger charge is 2.43. The molecule has 1 aromatic heterocycles. The lowest BCUT2D eigenvalue weighted by Crippen LogP contribution is -2.36. The Morgan fingerprint density at radius 3 is 2.77 bits per heavy atom. The van der Waals surface area contributed by atoms with Gasteiger partial charge in [0.25, 0.3) is 5.91 Å². The predicted molar refractivity (Wildman–Crippen MR) is 114 cm³/mol. The van der Waals surface area contributed by atoms with E-state index in [2.05, 4.69) is 10.2 Å². The number of aromatic nitrogens is 2. The van der Waals surface area contributed by atoms with Gasteiger partial charge in [-0.25, -0.2) is 0 Å². The number of amides is 1. The number of rotatable bonds is 4. The molecule has 2 N–H and O–H groups in total. The number of hydrogen-bond donors (Lipinski definition) is 2. The first-order valence-electron chi connectivity index (χ1n) is 9.78. The molecular formula is C22H19Cl2N3O3. The number of hydrogen-bond acceptors (Lipinski definition) is 4. The molecule has 0 aliphatic carbocycles. The number of benzene rings is 2. The molecule has 2 aromatic carbocycles. The largest absolute Gasteiger partial charge is 0.507 e. The van der Waals surface area contributed by atoms with Gasteiger partial charge in [-0.15, -0.1) is 0 Å². The van der Waals surface area contributed by atoms with Crippen molar-refractivity contribution in [2.45, 2.75) is 25.0 Å². The molecule has 2 aliphatic heterocycles. The number of fused-ring (bicyclic) bond motifs is 1. The standard InChI is InChI=1S/C22H19Cl2N3O3/c23-15-8-7-12(10-16(15)24)21-18-19(14-5-1-2-6-17(14)28)25-26-20(18)22(29)27(21)11-13-4-3-9-30-13/h1-2,5-8,10,13,21,28H,3-4,9,11H2,(H,25,26)/t13-,21+/m0/s1. The van der Waals surface area contributed by atoms with E-state index in [9.17, 15) is 9.90 Å². The minimum Gasteiger partial charge on any atom is -0.507 e. The summed E-state index contributed by atoms with van der Waals surface area (Å²) in [5.74, 6) is -0.0459. The molecule has 1 fully saturated rings. The van der Waals surface area contributed by atoms with Gasteiger partial charge in [-0.3, -0.25) is 9.89 Å². The van der Waals surface area contributed by atoms with Crippen LogP contribution in [0.25, 0.3) is 11.3 Å². The number of phenols is 1. The maximum absolute atomic E-state index is 13.3. The molecule has 2 atom stereocenters. The van der Waals surface area contributed by atoms with Crippen molar-refractivity contribution in [2.24, 2.45) is 0 Å². The van der Waals surface area contributed by atoms with Gasteiger partial charge in [0.1, 0.15) is 17.1 Å². The molecule has 3 heterocycles. The second kappa shape index (κ2) is 7.61. The van der Waals surface area contributed by atoms with Crippen molar-refractivity contribution >= 4 is 29.1 Å². The number of carbonyl (C=O) groups excluding carboxylic acids is 1. The summed E-state index contributed by atoms with van der Waals surface area (Å²) in [6.45, 7) is 1.17. The van der Waals surface area contributed by atoms with Gasteiger partial charge in [0.05, 0.1) is 22.2 Å². The van der Waals surface area contributed by atoms with E-state index in [4.69, 9.17) is 27.9 Å². The summed E-state index contributed by atoms with van der Waals surface area (Å²) in [4.78, 5) is 15.1. The fourth-order valence-corrected chi connectivity index (χ4v) is 4.61. The van der Waals surface area contributed by atoms with Gasteiger partial charge in [0, 0.05) is 24.3 Å². The normalized spacial score (nSPS) is 20.7. The van der Waals surface area contributed by atoms with E-state index in [0.29, 0.717) is 40.1 Å². The van der Waals surface area contributed by atoms with Crippen LogP contribution < -0.4 is 0 Å². The Labute approximate surface area is 183 Å². The molecule has 30 heavy (non-hydrogen) atoms. The van der Waals surface area contributed by atoms with E-state index < -0.39 is 6.04 Å². The first kappa shape index (κ1) is 19.4. The molecule has 154 valence electrons. The number of nitrogens with one attached hydrogen (secondary N) is 1. The Morgan fingerprint density at radius 2 is 2.03 bits per heavy atom. The van der Waals surface area contributed by atoms with E-state index in [0.717, 1.165) is 24.0 Å². The van der Waals surface area contributed by atoms with Gasteiger partial charge in [0.15, 0.2) is 0 Å². The summed E-state index contributed by atoms with van der Waals surface area (Å²) in [6, 6.07) is 11.9. The second-order valence-electron chi connectivity index (χ2n) is 7.55. The Kier molecular flexibility index (Phi) is 4.93. The second-order valence-corrected chi connectivity index (χ2v) is 8.36. The monoisotopic (exact) mass is 443 g/mol. The van der Waals surface area contributed by atoms with Crippen molar-refractivity contribution < 1.29 is 14.6 Å². The van der Waals surface area contributed by atoms with Crippen LogP contribution in [0.2, 0.25) is 10.0 Å². The number of ether oxygens (including phenoxy) is 1. The molecule has 0 radical (unpaired) electrons. The third kappa shape index (κ3) is 3.16. The van der Waals surface area contributed by atoms with Crippen molar-refractivity contribution in [3.63, 3.8) is 0 Å². The molecule has 8 heteroatoms. The van der Waals surface area contributed by atoms with Crippen LogP contribution in [0.3, 0.4) is 0 Å². The third-order valence-corrected chi connectivity index (χ3v) is 6.45. The smallest absolute Gasteiger partial charge is 0.273 e. The average Bonchev–Trinajstić information content (AvgIpc) is 3.45. The highest BCUT2D eigenvalue weighted by Crippen LogP contribution is 2.45. The fourth-order valence-electron chi connectivity index (χ4n) is 4.30. The first-order valence-corrected chi connectivity index (χ1v) is 10.5. The van der Waals surface area contributed by atoms with Crippen molar-refractivity contribution in [1.29, 1.82) is 0 Å². The molecule has 0 bridgehead atoms. The van der Waals surface area contributed by atoms with Crippen LogP contribution in [-0.4, -0.2) is 45.4 Å². The lowest BCUT2D eigenvalue weighted by atomic mass is 9.95. The molecule has 5 rings (SSSR count). The summed E-state index contributed by atoms with van der Waals surface area (Å²) in [7, 11) is 0. The number of H-pyrrole nitrogens is 1. The highest BCUT2D eigenvalue weighted by atomic mass is 35.5. The lowest BCUT2D eigenvalue weighted by molar-refractivity contribution is 0.0495. The zero-order valence-corrected chi connectivity index (χ0v) is 17.5. The molecule has 6 nitrogen and oxygen atoms in total. The SMILES string of the molecule is O=C1c2[nH]nc(-c3ccccc3O)c2[C@@H](c2ccc(Cl)c(Cl)c2)N1C[C@@H]1CCCO1. The van der Waals surface area contributed by atoms with E-state index in [1.807, 2.05) is 12.1 Å². The van der Waals surface area contributed by atoms with Crippen LogP contribution in [0, 0.1) is 0 Å². The third-order valence-electron chi connectivity index (χ3n) is 5.71. The summed E-state index contributed by atoms with van der Waals surface area (Å²) >= 11 is 12.4. The maximum atomic E-state index is 13.3. The van der Waals surface area contributed by atoms with E-state index in [1.165, 1.54) is 0 Å². The number of aromatic amines is 1. The molecule has 1 saturated heterocycles. The highest BCUT2D eigenvalue weighted by molar-refractivity contribution is 6.42. The number of para-hydroxylation sites is 1. The lowest BCUT2D eigenvalue weighted by Gasteiger charge is -2.28. The van der Waals surface area contributed by atoms with Crippen LogP contribution >= 0.6 is 23.2 Å². The minimum atomic E-state index is -0.417. The van der Waals surface area contributed by atoms with Crippen molar-refractivity contribution in [1.82, 2.24) is 15.1 Å². The number of carbonyl (C=O) groups is 1. The topological polar surface area (TPSA) is 78.5 Å². The molecule has 0 spiro atoms. The summed E-state index contributed by atoms with van der Waals surface area (Å²) in [6.07, 6.45) is 1.89. The first-order chi connectivity index (χ1) is 14.5. The predicted octanol–water partition coefficient (Wildman–Crippen LogP) is 4.81. The van der Waals surface area contributed by atoms with Crippen LogP contribution in [0.4, 0.5) is 0 Å². The Hall–Kier alpha value is -2.54. The Bertz CT molecular complexity index is 1120. The number of phenolic OH excluding ortho intramolecular Hbond substituents is 1. The van der Waals surface area contributed by atoms with Crippen molar-refractivity contribution in [3.05, 3.63) is 69.3 Å². The van der Waals surface area contributed by atoms with E-state index in [-0.39, 0.29) is 17.8 Å². The maximum Gasteiger partial charge on any atom is 0.273 e. The summed E-state index contributed by atoms with van der Waals surface area (Å²) in [5, 5.41) is 18.5. The van der Waals surface area contributed by atoms with Gasteiger partial charge in [-0.1, -0.05) is 41.4 Å². The van der Waals surface area contributed by atoms with Crippen LogP contribution in [0.1, 0.15) is 40.5 Å². The summed E-state index contributed by atoms with van der Waals surface area (Å²) in [5.41, 5.74) is 3.07. The molecule has 0 unspecified atom stereocenters. The zero-order valence-electron chi connectivity index (χ0n) is 15.9. The Balaban J connectivity index is 1.66. The van der Waals surface area contributed by atoms with Crippen LogP contribution in [-0.2, 0) is 4.74 Å². The van der Waals surface area contributed by atoms with E-state index in [1.54, 1.807) is 35.2 Å². The fraction of sp³-hybridized carbons (Fsp3) is 0.273. The van der Waals surface area contributed by atoms with Crippen molar-refractivity contribution in [2.75, 3.05) is 13.2 Å². The number of halogens is 2. The van der Waals surface area contributed by atoms with Gasteiger partial charge in [-0.2, -0.15) is 5.10 Å². The van der Waals surface area contributed by atoms with Gasteiger partial charge >= 0.3 is 0 Å². The zero-order chi connectivity index (χ0) is 20.8. The van der Waals surface area contributed by atoms with Crippen LogP contribution in [0.15, 0.2) is 42.5 Å². The van der Waals surface area contributed by atoms with Crippen LogP contribution in [0.5, 0.6) is 5.75 Å². The molecule has 3 aromatic rings.